The summed E-state index contributed by atoms with van der Waals surface area (Å²) in [5.41, 5.74) is -0.103. The first-order chi connectivity index (χ1) is 23.1. The van der Waals surface area contributed by atoms with Gasteiger partial charge in [0.2, 0.25) is 5.91 Å². The van der Waals surface area contributed by atoms with Crippen molar-refractivity contribution in [3.63, 3.8) is 0 Å². The topological polar surface area (TPSA) is 126 Å². The van der Waals surface area contributed by atoms with Crippen LogP contribution < -0.4 is 10.6 Å². The summed E-state index contributed by atoms with van der Waals surface area (Å²) in [6.45, 7) is 18.2. The summed E-state index contributed by atoms with van der Waals surface area (Å²) in [6, 6.07) is -0.509. The maximum absolute atomic E-state index is 13.0. The van der Waals surface area contributed by atoms with Crippen molar-refractivity contribution in [2.45, 2.75) is 149 Å². The van der Waals surface area contributed by atoms with Gasteiger partial charge in [0.15, 0.2) is 0 Å². The first-order valence-electron chi connectivity index (χ1n) is 19.6. The molecule has 49 heavy (non-hydrogen) atoms. The number of amides is 3. The lowest BCUT2D eigenvalue weighted by molar-refractivity contribution is -0.185. The first-order valence-corrected chi connectivity index (χ1v) is 19.6. The Morgan fingerprint density at radius 3 is 2.39 bits per heavy atom. The van der Waals surface area contributed by atoms with Crippen LogP contribution in [0.15, 0.2) is 0 Å². The van der Waals surface area contributed by atoms with Gasteiger partial charge in [-0.2, -0.15) is 0 Å². The Morgan fingerprint density at radius 1 is 1.02 bits per heavy atom. The minimum atomic E-state index is -0.577. The van der Waals surface area contributed by atoms with Crippen molar-refractivity contribution in [3.8, 4) is 0 Å². The molecule has 3 aliphatic heterocycles. The number of hydrogen-bond acceptors (Lipinski definition) is 7. The lowest BCUT2D eigenvalue weighted by Gasteiger charge is -2.63. The summed E-state index contributed by atoms with van der Waals surface area (Å²) in [4.78, 5) is 39.8. The second-order valence-corrected chi connectivity index (χ2v) is 19.2. The van der Waals surface area contributed by atoms with E-state index in [1.165, 1.54) is 12.8 Å². The van der Waals surface area contributed by atoms with Crippen LogP contribution >= 0.6 is 0 Å². The average molecular weight is 684 g/mol. The maximum Gasteiger partial charge on any atom is 0.410 e. The van der Waals surface area contributed by atoms with E-state index in [1.807, 2.05) is 0 Å². The van der Waals surface area contributed by atoms with E-state index in [2.05, 4.69) is 59.1 Å². The summed E-state index contributed by atoms with van der Waals surface area (Å²) in [5, 5.41) is 18.2. The molecule has 0 aromatic carbocycles. The molecule has 3 N–H and O–H groups in total. The van der Waals surface area contributed by atoms with Gasteiger partial charge in [-0.15, -0.1) is 0 Å². The van der Waals surface area contributed by atoms with Gasteiger partial charge in [-0.1, -0.05) is 48.5 Å². The zero-order valence-electron chi connectivity index (χ0n) is 30.9. The third-order valence-electron chi connectivity index (χ3n) is 16.7. The van der Waals surface area contributed by atoms with Gasteiger partial charge in [0, 0.05) is 30.5 Å². The predicted molar refractivity (Wildman–Crippen MR) is 182 cm³/mol. The van der Waals surface area contributed by atoms with Crippen molar-refractivity contribution in [1.29, 1.82) is 0 Å². The molecule has 0 bridgehead atoms. The Hall–Kier alpha value is -2.07. The Labute approximate surface area is 292 Å². The molecule has 0 radical (unpaired) electrons. The summed E-state index contributed by atoms with van der Waals surface area (Å²) in [7, 11) is 0. The molecule has 10 nitrogen and oxygen atoms in total. The molecule has 0 unspecified atom stereocenters. The molecule has 3 amide bonds. The monoisotopic (exact) mass is 683 g/mol. The molecule has 2 spiro atoms. The maximum atomic E-state index is 13.0. The highest BCUT2D eigenvalue weighted by Gasteiger charge is 2.84. The number of carbonyl (C=O) groups is 3. The molecular weight excluding hydrogens is 622 g/mol. The van der Waals surface area contributed by atoms with Gasteiger partial charge in [-0.25, -0.2) is 9.59 Å². The zero-order valence-corrected chi connectivity index (χ0v) is 30.9. The molecule has 3 saturated heterocycles. The first kappa shape index (κ1) is 34.0. The highest BCUT2D eigenvalue weighted by Crippen LogP contribution is 2.89. The van der Waals surface area contributed by atoms with Crippen molar-refractivity contribution in [3.05, 3.63) is 0 Å². The quantitative estimate of drug-likeness (QED) is 0.342. The number of carbonyl (C=O) groups excluding carboxylic acids is 3. The number of hydrogen-bond donors (Lipinski definition) is 3. The minimum absolute atomic E-state index is 0.0455. The van der Waals surface area contributed by atoms with Crippen molar-refractivity contribution in [2.24, 2.45) is 56.7 Å². The summed E-state index contributed by atoms with van der Waals surface area (Å²) >= 11 is 0. The van der Waals surface area contributed by atoms with Crippen molar-refractivity contribution < 1.29 is 33.7 Å². The Morgan fingerprint density at radius 2 is 1.73 bits per heavy atom. The second-order valence-electron chi connectivity index (χ2n) is 19.2. The average Bonchev–Trinajstić information content (AvgIpc) is 3.45. The number of aliphatic hydroxyl groups is 1. The minimum Gasteiger partial charge on any atom is -0.446 e. The Bertz CT molecular complexity index is 1380. The number of rotatable bonds is 5. The van der Waals surface area contributed by atoms with E-state index in [4.69, 9.17) is 14.2 Å². The largest absolute Gasteiger partial charge is 0.446 e. The molecule has 0 aromatic rings. The van der Waals surface area contributed by atoms with Crippen LogP contribution in [0.3, 0.4) is 0 Å². The molecule has 5 aliphatic carbocycles. The van der Waals surface area contributed by atoms with Gasteiger partial charge in [0.1, 0.15) is 18.2 Å². The van der Waals surface area contributed by atoms with Crippen LogP contribution in [-0.2, 0) is 19.0 Å². The number of fused-ring (bicyclic) bond motifs is 4. The van der Waals surface area contributed by atoms with Gasteiger partial charge in [0.05, 0.1) is 18.3 Å². The van der Waals surface area contributed by atoms with Crippen molar-refractivity contribution in [1.82, 2.24) is 15.5 Å². The summed E-state index contributed by atoms with van der Waals surface area (Å²) in [5.74, 6) is 1.44. The Balaban J connectivity index is 1.01. The van der Waals surface area contributed by atoms with Crippen LogP contribution in [0.25, 0.3) is 0 Å². The molecular formula is C39H61N3O7. The number of nitrogens with one attached hydrogen (secondary N) is 2. The van der Waals surface area contributed by atoms with Gasteiger partial charge in [-0.3, -0.25) is 4.79 Å². The number of alkyl carbamates (subject to hydrolysis) is 1. The van der Waals surface area contributed by atoms with Crippen LogP contribution in [0, 0.1) is 56.7 Å². The predicted octanol–water partition coefficient (Wildman–Crippen LogP) is 5.65. The van der Waals surface area contributed by atoms with Gasteiger partial charge in [-0.05, 0) is 110 Å². The highest BCUT2D eigenvalue weighted by molar-refractivity contribution is 5.87. The molecule has 8 aliphatic rings. The molecule has 3 heterocycles. The SMILES string of the molecule is CC(C)[C@@H](OC(=O)N1CCC1)[C@H]1C[C@@H](C)[C@H]2[C@H](O1)[C@H](O)[C@@]1(C)[C@@H]3CC[C@H]4C(C)(C)[C@@H](OC(=O)N[C@@H]5CCNC5=O)CC[C@@]45C[C@@]35CC[C@]21C. The Kier molecular flexibility index (Phi) is 7.79. The fraction of sp³-hybridized carbons (Fsp3) is 0.923. The van der Waals surface area contributed by atoms with E-state index >= 15 is 0 Å². The van der Waals surface area contributed by atoms with E-state index < -0.39 is 18.2 Å². The zero-order chi connectivity index (χ0) is 34.9. The summed E-state index contributed by atoms with van der Waals surface area (Å²) < 4.78 is 19.3. The fourth-order valence-corrected chi connectivity index (χ4v) is 14.1. The molecule has 5 saturated carbocycles. The third-order valence-corrected chi connectivity index (χ3v) is 16.7. The second kappa shape index (κ2) is 11.2. The van der Waals surface area contributed by atoms with E-state index in [-0.39, 0.29) is 75.3 Å². The molecule has 10 heteroatoms. The van der Waals surface area contributed by atoms with Crippen LogP contribution in [-0.4, -0.2) is 84.3 Å². The molecule has 8 rings (SSSR count). The van der Waals surface area contributed by atoms with E-state index in [0.717, 1.165) is 58.0 Å². The number of nitrogens with zero attached hydrogens (tertiary/aromatic N) is 1. The molecule has 0 aromatic heterocycles. The van der Waals surface area contributed by atoms with Gasteiger partial charge in [0.25, 0.3) is 0 Å². The van der Waals surface area contributed by atoms with Gasteiger partial charge < -0.3 is 34.9 Å². The standard InChI is InChI=1S/C39H61N3O7/c1-21(2)29(49-34(46)42-17-8-18-42)24-19-22(3)28-30(47-24)31(43)37(7)26-10-9-25-35(4,5)27(48-33(45)41-23-12-16-40-32(23)44)11-13-38(25)20-39(26,38)15-14-36(28,37)6/h21-31,43H,8-20H2,1-7H3,(H,40,44)(H,41,45)/t22-,23-,24-,25+,26+,27+,28+,29-,30+,31+,36-,37-,38-,39+/m1/s1. The number of aliphatic hydroxyl groups excluding tert-OH is 1. The number of ether oxygens (including phenoxy) is 3. The van der Waals surface area contributed by atoms with E-state index in [0.29, 0.717) is 30.7 Å². The van der Waals surface area contributed by atoms with Crippen molar-refractivity contribution in [2.75, 3.05) is 19.6 Å². The highest BCUT2D eigenvalue weighted by atomic mass is 16.6. The molecule has 8 fully saturated rings. The van der Waals surface area contributed by atoms with E-state index in [1.54, 1.807) is 4.90 Å². The van der Waals surface area contributed by atoms with Crippen LogP contribution in [0.2, 0.25) is 0 Å². The fourth-order valence-electron chi connectivity index (χ4n) is 14.1. The lowest BCUT2D eigenvalue weighted by atomic mass is 9.41. The lowest BCUT2D eigenvalue weighted by Crippen LogP contribution is -2.60. The van der Waals surface area contributed by atoms with Crippen LogP contribution in [0.4, 0.5) is 9.59 Å². The van der Waals surface area contributed by atoms with Crippen molar-refractivity contribution >= 4 is 18.1 Å². The molecule has 14 atom stereocenters. The van der Waals surface area contributed by atoms with E-state index in [9.17, 15) is 19.5 Å². The summed E-state index contributed by atoms with van der Waals surface area (Å²) in [6.07, 6.45) is 7.66. The normalized spacial score (nSPS) is 49.6. The van der Waals surface area contributed by atoms with Crippen LogP contribution in [0.5, 0.6) is 0 Å². The van der Waals surface area contributed by atoms with Gasteiger partial charge >= 0.3 is 12.2 Å². The third kappa shape index (κ3) is 4.53. The smallest absolute Gasteiger partial charge is 0.410 e. The molecule has 274 valence electrons. The van der Waals surface area contributed by atoms with Crippen LogP contribution in [0.1, 0.15) is 113 Å². The number of likely N-dealkylation sites (tertiary alicyclic amines) is 1.